The third kappa shape index (κ3) is 4.66. The molecule has 0 bridgehead atoms. The number of hydrogen-bond acceptors (Lipinski definition) is 3. The molecule has 0 aliphatic carbocycles. The van der Waals surface area contributed by atoms with Crippen LogP contribution in [0, 0.1) is 5.92 Å². The molecular weight excluding hydrogens is 282 g/mol. The smallest absolute Gasteiger partial charge is 0.133 e. The molecule has 3 N–H and O–H groups in total. The molecule has 1 unspecified atom stereocenters. The summed E-state index contributed by atoms with van der Waals surface area (Å²) in [5.41, 5.74) is 6.78. The van der Waals surface area contributed by atoms with Crippen molar-refractivity contribution >= 4 is 15.9 Å². The molecule has 0 spiro atoms. The van der Waals surface area contributed by atoms with Gasteiger partial charge >= 0.3 is 0 Å². The number of aliphatic hydroxyl groups is 1. The fourth-order valence-corrected chi connectivity index (χ4v) is 2.17. The van der Waals surface area contributed by atoms with Gasteiger partial charge in [-0.2, -0.15) is 0 Å². The second kappa shape index (κ2) is 7.69. The molecule has 0 amide bonds. The van der Waals surface area contributed by atoms with Crippen molar-refractivity contribution in [2.75, 3.05) is 19.8 Å². The topological polar surface area (TPSA) is 55.5 Å². The zero-order valence-corrected chi connectivity index (χ0v) is 11.7. The van der Waals surface area contributed by atoms with E-state index in [-0.39, 0.29) is 12.5 Å². The summed E-state index contributed by atoms with van der Waals surface area (Å²) >= 11 is 3.49. The Morgan fingerprint density at radius 2 is 2.24 bits per heavy atom. The Hall–Kier alpha value is -0.580. The van der Waals surface area contributed by atoms with Crippen molar-refractivity contribution in [3.05, 3.63) is 28.2 Å². The molecule has 0 saturated heterocycles. The normalized spacial score (nSPS) is 12.5. The van der Waals surface area contributed by atoms with E-state index in [2.05, 4.69) is 28.1 Å². The third-order valence-corrected chi connectivity index (χ3v) is 3.35. The molecular formula is C13H20BrNO2. The summed E-state index contributed by atoms with van der Waals surface area (Å²) in [6.07, 6.45) is 1.83. The van der Waals surface area contributed by atoms with Gasteiger partial charge in [-0.05, 0) is 65.9 Å². The van der Waals surface area contributed by atoms with Gasteiger partial charge in [0.2, 0.25) is 0 Å². The maximum Gasteiger partial charge on any atom is 0.133 e. The Kier molecular flexibility index (Phi) is 6.55. The van der Waals surface area contributed by atoms with Gasteiger partial charge in [-0.25, -0.2) is 0 Å². The molecule has 0 saturated carbocycles. The van der Waals surface area contributed by atoms with E-state index in [0.29, 0.717) is 13.2 Å². The van der Waals surface area contributed by atoms with E-state index in [1.54, 1.807) is 0 Å². The van der Waals surface area contributed by atoms with Crippen LogP contribution in [0.4, 0.5) is 0 Å². The van der Waals surface area contributed by atoms with Crippen molar-refractivity contribution in [2.45, 2.75) is 19.8 Å². The van der Waals surface area contributed by atoms with Crippen LogP contribution in [0.25, 0.3) is 0 Å². The fraction of sp³-hybridized carbons (Fsp3) is 0.538. The molecule has 3 nitrogen and oxygen atoms in total. The van der Waals surface area contributed by atoms with E-state index in [4.69, 9.17) is 15.6 Å². The monoisotopic (exact) mass is 301 g/mol. The SMILES string of the molecule is CCOc1ccc(CCC(CN)CO)cc1Br. The Balaban J connectivity index is 2.58. The lowest BCUT2D eigenvalue weighted by atomic mass is 10.0. The van der Waals surface area contributed by atoms with Gasteiger partial charge in [-0.3, -0.25) is 0 Å². The molecule has 1 aromatic carbocycles. The van der Waals surface area contributed by atoms with Crippen LogP contribution in [0.5, 0.6) is 5.75 Å². The first kappa shape index (κ1) is 14.5. The van der Waals surface area contributed by atoms with Crippen molar-refractivity contribution < 1.29 is 9.84 Å². The maximum absolute atomic E-state index is 9.06. The van der Waals surface area contributed by atoms with Crippen molar-refractivity contribution in [2.24, 2.45) is 11.7 Å². The van der Waals surface area contributed by atoms with Gasteiger partial charge in [0.05, 0.1) is 11.1 Å². The summed E-state index contributed by atoms with van der Waals surface area (Å²) in [6.45, 7) is 3.33. The van der Waals surface area contributed by atoms with Crippen LogP contribution in [-0.4, -0.2) is 24.9 Å². The van der Waals surface area contributed by atoms with Crippen LogP contribution in [-0.2, 0) is 6.42 Å². The molecule has 0 aromatic heterocycles. The number of benzene rings is 1. The molecule has 1 atom stereocenters. The average Bonchev–Trinajstić information content (AvgIpc) is 2.34. The summed E-state index contributed by atoms with van der Waals surface area (Å²) in [6, 6.07) is 6.09. The number of rotatable bonds is 7. The number of halogens is 1. The number of ether oxygens (including phenoxy) is 1. The van der Waals surface area contributed by atoms with Crippen LogP contribution in [0.2, 0.25) is 0 Å². The van der Waals surface area contributed by atoms with Crippen molar-refractivity contribution in [3.63, 3.8) is 0 Å². The van der Waals surface area contributed by atoms with E-state index in [1.165, 1.54) is 5.56 Å². The first-order valence-corrected chi connectivity index (χ1v) is 6.72. The maximum atomic E-state index is 9.06. The largest absolute Gasteiger partial charge is 0.493 e. The van der Waals surface area contributed by atoms with Crippen molar-refractivity contribution in [1.82, 2.24) is 0 Å². The lowest BCUT2D eigenvalue weighted by Crippen LogP contribution is -2.18. The predicted octanol–water partition coefficient (Wildman–Crippen LogP) is 2.35. The molecule has 4 heteroatoms. The minimum Gasteiger partial charge on any atom is -0.493 e. The molecule has 17 heavy (non-hydrogen) atoms. The highest BCUT2D eigenvalue weighted by atomic mass is 79.9. The van der Waals surface area contributed by atoms with Crippen molar-refractivity contribution in [1.29, 1.82) is 0 Å². The highest BCUT2D eigenvalue weighted by Gasteiger charge is 2.07. The zero-order valence-electron chi connectivity index (χ0n) is 10.2. The number of hydrogen-bond donors (Lipinski definition) is 2. The summed E-state index contributed by atoms with van der Waals surface area (Å²) in [4.78, 5) is 0. The molecule has 96 valence electrons. The van der Waals surface area contributed by atoms with Crippen LogP contribution in [0.15, 0.2) is 22.7 Å². The van der Waals surface area contributed by atoms with Gasteiger partial charge < -0.3 is 15.6 Å². The highest BCUT2D eigenvalue weighted by molar-refractivity contribution is 9.10. The Bertz CT molecular complexity index is 340. The summed E-state index contributed by atoms with van der Waals surface area (Å²) < 4.78 is 6.43. The molecule has 1 rings (SSSR count). The second-order valence-electron chi connectivity index (χ2n) is 4.02. The number of aryl methyl sites for hydroxylation is 1. The first-order valence-electron chi connectivity index (χ1n) is 5.93. The molecule has 0 heterocycles. The predicted molar refractivity (Wildman–Crippen MR) is 73.3 cm³/mol. The summed E-state index contributed by atoms with van der Waals surface area (Å²) in [5.74, 6) is 1.06. The minimum absolute atomic E-state index is 0.161. The van der Waals surface area contributed by atoms with Gasteiger partial charge in [-0.1, -0.05) is 6.07 Å². The highest BCUT2D eigenvalue weighted by Crippen LogP contribution is 2.26. The van der Waals surface area contributed by atoms with Gasteiger partial charge in [0.15, 0.2) is 0 Å². The van der Waals surface area contributed by atoms with Gasteiger partial charge in [0.1, 0.15) is 5.75 Å². The number of aliphatic hydroxyl groups excluding tert-OH is 1. The molecule has 0 aliphatic heterocycles. The average molecular weight is 302 g/mol. The van der Waals surface area contributed by atoms with E-state index < -0.39 is 0 Å². The standard InChI is InChI=1S/C13H20BrNO2/c1-2-17-13-6-5-10(7-12(13)14)3-4-11(8-15)9-16/h5-7,11,16H,2-4,8-9,15H2,1H3. The number of nitrogens with two attached hydrogens (primary N) is 1. The Morgan fingerprint density at radius 3 is 2.76 bits per heavy atom. The van der Waals surface area contributed by atoms with E-state index in [1.807, 2.05) is 13.0 Å². The third-order valence-electron chi connectivity index (χ3n) is 2.73. The summed E-state index contributed by atoms with van der Waals surface area (Å²) in [5, 5.41) is 9.06. The van der Waals surface area contributed by atoms with Crippen molar-refractivity contribution in [3.8, 4) is 5.75 Å². The van der Waals surface area contributed by atoms with Gasteiger partial charge in [-0.15, -0.1) is 0 Å². The quantitative estimate of drug-likeness (QED) is 0.813. The van der Waals surface area contributed by atoms with E-state index >= 15 is 0 Å². The molecule has 0 radical (unpaired) electrons. The van der Waals surface area contributed by atoms with Gasteiger partial charge in [0.25, 0.3) is 0 Å². The molecule has 0 fully saturated rings. The molecule has 1 aromatic rings. The van der Waals surface area contributed by atoms with Crippen LogP contribution in [0.1, 0.15) is 18.9 Å². The fourth-order valence-electron chi connectivity index (χ4n) is 1.63. The Morgan fingerprint density at radius 1 is 1.47 bits per heavy atom. The lowest BCUT2D eigenvalue weighted by Gasteiger charge is -2.12. The van der Waals surface area contributed by atoms with Crippen LogP contribution < -0.4 is 10.5 Å². The minimum atomic E-state index is 0.161. The lowest BCUT2D eigenvalue weighted by molar-refractivity contribution is 0.223. The van der Waals surface area contributed by atoms with E-state index in [0.717, 1.165) is 23.1 Å². The molecule has 0 aliphatic rings. The van der Waals surface area contributed by atoms with Gasteiger partial charge in [0, 0.05) is 6.61 Å². The first-order chi connectivity index (χ1) is 8.21. The summed E-state index contributed by atoms with van der Waals surface area (Å²) in [7, 11) is 0. The van der Waals surface area contributed by atoms with Crippen LogP contribution in [0.3, 0.4) is 0 Å². The van der Waals surface area contributed by atoms with Crippen LogP contribution >= 0.6 is 15.9 Å². The Labute approximate surface area is 111 Å². The van der Waals surface area contributed by atoms with E-state index in [9.17, 15) is 0 Å². The second-order valence-corrected chi connectivity index (χ2v) is 4.88. The zero-order chi connectivity index (χ0) is 12.7.